The van der Waals surface area contributed by atoms with Gasteiger partial charge in [-0.25, -0.2) is 4.98 Å². The van der Waals surface area contributed by atoms with Crippen LogP contribution in [-0.4, -0.2) is 79.4 Å². The van der Waals surface area contributed by atoms with Crippen molar-refractivity contribution in [3.05, 3.63) is 77.0 Å². The molecule has 1 aromatic heterocycles. The van der Waals surface area contributed by atoms with Gasteiger partial charge in [0, 0.05) is 43.8 Å². The second kappa shape index (κ2) is 18.1. The number of benzene rings is 1. The number of aromatic nitrogens is 1. The van der Waals surface area contributed by atoms with Crippen LogP contribution in [0.1, 0.15) is 58.4 Å². The summed E-state index contributed by atoms with van der Waals surface area (Å²) < 4.78 is 11.7. The molecule has 1 aliphatic rings. The number of fused-ring (bicyclic) bond motifs is 2. The fraction of sp³-hybridized carbons (Fsp3) is 0.457. The van der Waals surface area contributed by atoms with Crippen LogP contribution in [-0.2, 0) is 27.3 Å². The number of carbonyl (C=O) groups is 2. The van der Waals surface area contributed by atoms with Gasteiger partial charge in [0.25, 0.3) is 6.47 Å². The molecule has 2 atom stereocenters. The molecule has 1 aromatic carbocycles. The van der Waals surface area contributed by atoms with Gasteiger partial charge in [-0.3, -0.25) is 9.59 Å². The Hall–Kier alpha value is -3.79. The zero-order valence-electron chi connectivity index (χ0n) is 27.9. The van der Waals surface area contributed by atoms with Gasteiger partial charge < -0.3 is 29.9 Å². The van der Waals surface area contributed by atoms with Crippen LogP contribution in [0.3, 0.4) is 0 Å². The van der Waals surface area contributed by atoms with Crippen molar-refractivity contribution in [3.8, 4) is 5.75 Å². The van der Waals surface area contributed by atoms with Gasteiger partial charge in [-0.1, -0.05) is 54.2 Å². The highest BCUT2D eigenvalue weighted by atomic mass is 16.5. The fourth-order valence-corrected chi connectivity index (χ4v) is 4.94. The van der Waals surface area contributed by atoms with Crippen molar-refractivity contribution in [3.63, 3.8) is 0 Å². The van der Waals surface area contributed by atoms with Gasteiger partial charge in [-0.05, 0) is 59.9 Å². The van der Waals surface area contributed by atoms with Crippen LogP contribution in [0.25, 0.3) is 16.6 Å². The Morgan fingerprint density at radius 2 is 1.89 bits per heavy atom. The highest BCUT2D eigenvalue weighted by Gasteiger charge is 2.29. The molecule has 0 saturated heterocycles. The number of carbonyl (C=O) groups excluding carboxylic acids is 1. The maximum atomic E-state index is 11.8. The van der Waals surface area contributed by atoms with Crippen molar-refractivity contribution < 1.29 is 29.3 Å². The standard InChI is InChI=1S/C32H43N3O4.C2H6.CH2O2/c1-10-23-25-14-22(39-30(16-33-7)20(3)32(4,5)6)12-13-27(25)34-31-26(23)17-35(8)28(31)15-24(29(37)11-2)21(18-36)19-38-9;1-2;2-1-3/h11-15,18,29-30,33,37H,2-3,10,16-17,19H2,1,4-9H3;1-2H3;1H,(H,2,3)/b24-21-,28-15-;;. The molecular weight excluding hydrogens is 558 g/mol. The number of hydrogen-bond donors (Lipinski definition) is 3. The van der Waals surface area contributed by atoms with E-state index in [1.807, 2.05) is 46.2 Å². The minimum Gasteiger partial charge on any atom is -0.485 e. The van der Waals surface area contributed by atoms with Gasteiger partial charge in [0.1, 0.15) is 18.1 Å². The van der Waals surface area contributed by atoms with E-state index in [1.54, 1.807) is 0 Å². The summed E-state index contributed by atoms with van der Waals surface area (Å²) in [7, 11) is 5.42. The first-order valence-electron chi connectivity index (χ1n) is 14.9. The Labute approximate surface area is 263 Å². The normalized spacial score (nSPS) is 15.1. The quantitative estimate of drug-likeness (QED) is 0.161. The summed E-state index contributed by atoms with van der Waals surface area (Å²) in [6.45, 7) is 21.8. The van der Waals surface area contributed by atoms with E-state index in [0.29, 0.717) is 24.2 Å². The number of aldehydes is 1. The Kier molecular flexibility index (Phi) is 15.7. The number of nitrogens with zero attached hydrogens (tertiary/aromatic N) is 2. The summed E-state index contributed by atoms with van der Waals surface area (Å²) in [5, 5.41) is 21.8. The molecule has 0 fully saturated rings. The molecule has 3 N–H and O–H groups in total. The fourth-order valence-electron chi connectivity index (χ4n) is 4.94. The average molecular weight is 610 g/mol. The van der Waals surface area contributed by atoms with E-state index in [-0.39, 0.29) is 24.6 Å². The first-order chi connectivity index (χ1) is 20.9. The largest absolute Gasteiger partial charge is 0.485 e. The second-order valence-electron chi connectivity index (χ2n) is 11.1. The van der Waals surface area contributed by atoms with Crippen LogP contribution in [0.15, 0.2) is 60.2 Å². The summed E-state index contributed by atoms with van der Waals surface area (Å²) in [4.78, 5) is 27.3. The van der Waals surface area contributed by atoms with Gasteiger partial charge in [0.2, 0.25) is 0 Å². The Morgan fingerprint density at radius 3 is 2.39 bits per heavy atom. The minimum absolute atomic E-state index is 0.0813. The van der Waals surface area contributed by atoms with Gasteiger partial charge in [0.15, 0.2) is 0 Å². The summed E-state index contributed by atoms with van der Waals surface area (Å²) >= 11 is 0. The number of likely N-dealkylation sites (N-methyl/N-ethyl adjacent to an activating group) is 1. The summed E-state index contributed by atoms with van der Waals surface area (Å²) in [5.74, 6) is 0.779. The lowest BCUT2D eigenvalue weighted by molar-refractivity contribution is -0.122. The molecule has 0 amide bonds. The Balaban J connectivity index is 0.00000182. The van der Waals surface area contributed by atoms with E-state index in [1.165, 1.54) is 18.7 Å². The molecule has 242 valence electrons. The SMILES string of the molecule is C=CC(O)C(/C=C1/c2nc3ccc(OC(CNC)C(=C)C(C)(C)C)cc3c(CC)c2CN1C)=C(/C=O)COC.CC.O=CO. The maximum absolute atomic E-state index is 11.8. The predicted molar refractivity (Wildman–Crippen MR) is 179 cm³/mol. The molecule has 2 heterocycles. The Bertz CT molecular complexity index is 1360. The number of aliphatic hydroxyl groups excluding tert-OH is 1. The topological polar surface area (TPSA) is 121 Å². The van der Waals surface area contributed by atoms with E-state index in [9.17, 15) is 9.90 Å². The molecule has 0 saturated carbocycles. The number of nitrogens with one attached hydrogen (secondary N) is 1. The zero-order valence-corrected chi connectivity index (χ0v) is 27.9. The second-order valence-corrected chi connectivity index (χ2v) is 11.1. The zero-order chi connectivity index (χ0) is 33.6. The van der Waals surface area contributed by atoms with Crippen LogP contribution in [0.4, 0.5) is 0 Å². The Morgan fingerprint density at radius 1 is 1.25 bits per heavy atom. The number of carboxylic acid groups (broad SMARTS) is 1. The lowest BCUT2D eigenvalue weighted by Crippen LogP contribution is -2.35. The molecule has 2 unspecified atom stereocenters. The van der Waals surface area contributed by atoms with Crippen molar-refractivity contribution in [1.82, 2.24) is 15.2 Å². The van der Waals surface area contributed by atoms with Crippen LogP contribution in [0, 0.1) is 5.41 Å². The molecule has 9 heteroatoms. The molecule has 44 heavy (non-hydrogen) atoms. The maximum Gasteiger partial charge on any atom is 0.290 e. The minimum atomic E-state index is -1.01. The number of rotatable bonds is 12. The van der Waals surface area contributed by atoms with Crippen molar-refractivity contribution in [2.24, 2.45) is 5.41 Å². The third-order valence-corrected chi connectivity index (χ3v) is 7.25. The first-order valence-corrected chi connectivity index (χ1v) is 14.9. The van der Waals surface area contributed by atoms with Crippen LogP contribution >= 0.6 is 0 Å². The summed E-state index contributed by atoms with van der Waals surface area (Å²) in [6.07, 6.45) is 3.61. The molecule has 0 radical (unpaired) electrons. The van der Waals surface area contributed by atoms with Gasteiger partial charge in [-0.15, -0.1) is 6.58 Å². The number of hydrogen-bond acceptors (Lipinski definition) is 8. The summed E-state index contributed by atoms with van der Waals surface area (Å²) in [6, 6.07) is 6.03. The van der Waals surface area contributed by atoms with Gasteiger partial charge >= 0.3 is 0 Å². The molecule has 9 nitrogen and oxygen atoms in total. The van der Waals surface area contributed by atoms with Crippen molar-refractivity contribution in [2.45, 2.75) is 66.7 Å². The third-order valence-electron chi connectivity index (χ3n) is 7.25. The van der Waals surface area contributed by atoms with Crippen LogP contribution < -0.4 is 10.1 Å². The lowest BCUT2D eigenvalue weighted by atomic mass is 9.84. The predicted octanol–water partition coefficient (Wildman–Crippen LogP) is 5.57. The monoisotopic (exact) mass is 609 g/mol. The molecule has 0 bridgehead atoms. The molecule has 1 aliphatic heterocycles. The van der Waals surface area contributed by atoms with Crippen molar-refractivity contribution >= 4 is 29.4 Å². The molecule has 3 rings (SSSR count). The molecule has 2 aromatic rings. The molecular formula is C35H51N3O6. The number of aryl methyl sites for hydroxylation is 1. The van der Waals surface area contributed by atoms with E-state index in [4.69, 9.17) is 24.4 Å². The number of methoxy groups -OCH3 is 1. The van der Waals surface area contributed by atoms with Crippen molar-refractivity contribution in [2.75, 3.05) is 34.4 Å². The van der Waals surface area contributed by atoms with E-state index in [2.05, 4.69) is 57.1 Å². The van der Waals surface area contributed by atoms with E-state index >= 15 is 0 Å². The van der Waals surface area contributed by atoms with Crippen molar-refractivity contribution in [1.29, 1.82) is 0 Å². The van der Waals surface area contributed by atoms with Crippen LogP contribution in [0.5, 0.6) is 5.75 Å². The van der Waals surface area contributed by atoms with E-state index < -0.39 is 6.10 Å². The highest BCUT2D eigenvalue weighted by Crippen LogP contribution is 2.38. The third kappa shape index (κ3) is 9.35. The van der Waals surface area contributed by atoms with E-state index in [0.717, 1.165) is 51.9 Å². The van der Waals surface area contributed by atoms with Gasteiger partial charge in [-0.2, -0.15) is 0 Å². The lowest BCUT2D eigenvalue weighted by Gasteiger charge is -2.30. The smallest absolute Gasteiger partial charge is 0.290 e. The highest BCUT2D eigenvalue weighted by molar-refractivity contribution is 5.89. The van der Waals surface area contributed by atoms with Crippen LogP contribution in [0.2, 0.25) is 0 Å². The average Bonchev–Trinajstić information content (AvgIpc) is 3.31. The molecule has 0 aliphatic carbocycles. The number of ether oxygens (including phenoxy) is 2. The molecule has 0 spiro atoms. The number of aliphatic hydroxyl groups is 1. The van der Waals surface area contributed by atoms with Gasteiger partial charge in [0.05, 0.1) is 29.6 Å². The number of pyridine rings is 1. The first kappa shape index (κ1) is 38.2. The summed E-state index contributed by atoms with van der Waals surface area (Å²) in [5.41, 5.74) is 6.66.